The molecule has 0 unspecified atom stereocenters. The molecule has 26 heavy (non-hydrogen) atoms. The van der Waals surface area contributed by atoms with Crippen molar-refractivity contribution < 1.29 is 14.0 Å². The van der Waals surface area contributed by atoms with E-state index >= 15 is 0 Å². The SMILES string of the molecule is O=C(Nc1ccccc1C(=O)Nc1ccc(Br)cc1)c1ccccc1F. The third-order valence-electron chi connectivity index (χ3n) is 3.64. The lowest BCUT2D eigenvalue weighted by molar-refractivity contribution is 0.102. The molecule has 3 aromatic carbocycles. The van der Waals surface area contributed by atoms with E-state index in [-0.39, 0.29) is 17.0 Å². The first-order valence-corrected chi connectivity index (χ1v) is 8.56. The topological polar surface area (TPSA) is 58.2 Å². The number of amides is 2. The Balaban J connectivity index is 1.81. The van der Waals surface area contributed by atoms with Crippen LogP contribution >= 0.6 is 15.9 Å². The number of rotatable bonds is 4. The van der Waals surface area contributed by atoms with E-state index < -0.39 is 11.7 Å². The third-order valence-corrected chi connectivity index (χ3v) is 4.17. The molecule has 0 aliphatic rings. The molecule has 0 spiro atoms. The Morgan fingerprint density at radius 3 is 2.00 bits per heavy atom. The van der Waals surface area contributed by atoms with Gasteiger partial charge in [0.05, 0.1) is 16.8 Å². The van der Waals surface area contributed by atoms with Crippen molar-refractivity contribution in [2.75, 3.05) is 10.6 Å². The van der Waals surface area contributed by atoms with E-state index in [9.17, 15) is 14.0 Å². The summed E-state index contributed by atoms with van der Waals surface area (Å²) in [6.45, 7) is 0. The zero-order valence-electron chi connectivity index (χ0n) is 13.5. The highest BCUT2D eigenvalue weighted by Crippen LogP contribution is 2.20. The fourth-order valence-corrected chi connectivity index (χ4v) is 2.62. The summed E-state index contributed by atoms with van der Waals surface area (Å²) in [6.07, 6.45) is 0. The molecule has 0 aliphatic carbocycles. The number of benzene rings is 3. The molecule has 0 radical (unpaired) electrons. The minimum absolute atomic E-state index is 0.0874. The number of hydrogen-bond donors (Lipinski definition) is 2. The van der Waals surface area contributed by atoms with E-state index in [1.807, 2.05) is 12.1 Å². The van der Waals surface area contributed by atoms with E-state index in [1.54, 1.807) is 42.5 Å². The minimum atomic E-state index is -0.623. The molecule has 0 saturated heterocycles. The molecule has 0 aliphatic heterocycles. The average Bonchev–Trinajstić information content (AvgIpc) is 2.64. The molecule has 0 saturated carbocycles. The normalized spacial score (nSPS) is 10.2. The van der Waals surface area contributed by atoms with Crippen LogP contribution in [-0.2, 0) is 0 Å². The molecular formula is C20H14BrFN2O2. The van der Waals surface area contributed by atoms with Crippen molar-refractivity contribution in [3.8, 4) is 0 Å². The number of halogens is 2. The van der Waals surface area contributed by atoms with Crippen molar-refractivity contribution in [3.05, 3.63) is 94.2 Å². The molecule has 0 bridgehead atoms. The first-order valence-electron chi connectivity index (χ1n) is 7.76. The molecule has 2 N–H and O–H groups in total. The Hall–Kier alpha value is -2.99. The molecule has 0 aromatic heterocycles. The predicted octanol–water partition coefficient (Wildman–Crippen LogP) is 5.09. The number of hydrogen-bond acceptors (Lipinski definition) is 2. The van der Waals surface area contributed by atoms with Crippen molar-refractivity contribution in [2.45, 2.75) is 0 Å². The van der Waals surface area contributed by atoms with Crippen molar-refractivity contribution in [3.63, 3.8) is 0 Å². The van der Waals surface area contributed by atoms with Crippen molar-refractivity contribution in [2.24, 2.45) is 0 Å². The summed E-state index contributed by atoms with van der Waals surface area (Å²) in [7, 11) is 0. The smallest absolute Gasteiger partial charge is 0.258 e. The molecule has 0 fully saturated rings. The van der Waals surface area contributed by atoms with Gasteiger partial charge in [0.2, 0.25) is 0 Å². The van der Waals surface area contributed by atoms with E-state index in [2.05, 4.69) is 26.6 Å². The lowest BCUT2D eigenvalue weighted by Crippen LogP contribution is -2.19. The van der Waals surface area contributed by atoms with Crippen LogP contribution in [0.3, 0.4) is 0 Å². The van der Waals surface area contributed by atoms with Gasteiger partial charge in [0, 0.05) is 10.2 Å². The maximum absolute atomic E-state index is 13.8. The number of carbonyl (C=O) groups is 2. The van der Waals surface area contributed by atoms with Crippen LogP contribution in [0.1, 0.15) is 20.7 Å². The highest BCUT2D eigenvalue weighted by atomic mass is 79.9. The molecule has 130 valence electrons. The van der Waals surface area contributed by atoms with Crippen LogP contribution in [0.5, 0.6) is 0 Å². The van der Waals surface area contributed by atoms with E-state index in [1.165, 1.54) is 18.2 Å². The summed E-state index contributed by atoms with van der Waals surface area (Å²) in [5.74, 6) is -1.62. The number of anilines is 2. The zero-order valence-corrected chi connectivity index (χ0v) is 15.1. The summed E-state index contributed by atoms with van der Waals surface area (Å²) in [5.41, 5.74) is 1.11. The van der Waals surface area contributed by atoms with Gasteiger partial charge >= 0.3 is 0 Å². The number of nitrogens with one attached hydrogen (secondary N) is 2. The Bertz CT molecular complexity index is 958. The molecule has 3 rings (SSSR count). The van der Waals surface area contributed by atoms with Crippen LogP contribution in [0.25, 0.3) is 0 Å². The molecule has 0 atom stereocenters. The Morgan fingerprint density at radius 1 is 0.731 bits per heavy atom. The summed E-state index contributed by atoms with van der Waals surface area (Å²) >= 11 is 3.33. The van der Waals surface area contributed by atoms with Crippen molar-refractivity contribution >= 4 is 39.1 Å². The Kier molecular flexibility index (Phi) is 5.43. The Labute approximate surface area is 158 Å². The fraction of sp³-hybridized carbons (Fsp3) is 0. The third kappa shape index (κ3) is 4.15. The van der Waals surface area contributed by atoms with E-state index in [0.29, 0.717) is 11.4 Å². The average molecular weight is 413 g/mol. The summed E-state index contributed by atoms with van der Waals surface area (Å²) in [6, 6.07) is 19.4. The van der Waals surface area contributed by atoms with Crippen LogP contribution in [0.4, 0.5) is 15.8 Å². The van der Waals surface area contributed by atoms with Gasteiger partial charge in [-0.15, -0.1) is 0 Å². The first-order chi connectivity index (χ1) is 12.5. The van der Waals surface area contributed by atoms with Crippen LogP contribution in [-0.4, -0.2) is 11.8 Å². The monoisotopic (exact) mass is 412 g/mol. The summed E-state index contributed by atoms with van der Waals surface area (Å²) < 4.78 is 14.7. The van der Waals surface area contributed by atoms with Gasteiger partial charge in [-0.3, -0.25) is 9.59 Å². The largest absolute Gasteiger partial charge is 0.322 e. The second-order valence-electron chi connectivity index (χ2n) is 5.44. The van der Waals surface area contributed by atoms with Gasteiger partial charge in [0.15, 0.2) is 0 Å². The van der Waals surface area contributed by atoms with Crippen LogP contribution < -0.4 is 10.6 Å². The first kappa shape index (κ1) is 17.8. The second kappa shape index (κ2) is 7.93. The predicted molar refractivity (Wildman–Crippen MR) is 103 cm³/mol. The van der Waals surface area contributed by atoms with Crippen LogP contribution in [0.15, 0.2) is 77.3 Å². The Morgan fingerprint density at radius 2 is 1.31 bits per heavy atom. The highest BCUT2D eigenvalue weighted by Gasteiger charge is 2.16. The fourth-order valence-electron chi connectivity index (χ4n) is 2.36. The van der Waals surface area contributed by atoms with Crippen molar-refractivity contribution in [1.29, 1.82) is 0 Å². The van der Waals surface area contributed by atoms with Gasteiger partial charge in [-0.05, 0) is 48.5 Å². The molecule has 2 amide bonds. The summed E-state index contributed by atoms with van der Waals surface area (Å²) in [4.78, 5) is 24.9. The highest BCUT2D eigenvalue weighted by molar-refractivity contribution is 9.10. The molecule has 4 nitrogen and oxygen atoms in total. The van der Waals surface area contributed by atoms with Gasteiger partial charge in [-0.25, -0.2) is 4.39 Å². The lowest BCUT2D eigenvalue weighted by Gasteiger charge is -2.12. The quantitative estimate of drug-likeness (QED) is 0.626. The van der Waals surface area contributed by atoms with Crippen molar-refractivity contribution in [1.82, 2.24) is 0 Å². The standard InChI is InChI=1S/C20H14BrFN2O2/c21-13-9-11-14(12-10-13)23-20(26)16-6-2-4-8-18(16)24-19(25)15-5-1-3-7-17(15)22/h1-12H,(H,23,26)(H,24,25). The molecule has 3 aromatic rings. The van der Waals surface area contributed by atoms with Crippen LogP contribution in [0, 0.1) is 5.82 Å². The maximum Gasteiger partial charge on any atom is 0.258 e. The second-order valence-corrected chi connectivity index (χ2v) is 6.36. The molecular weight excluding hydrogens is 399 g/mol. The zero-order chi connectivity index (χ0) is 18.5. The number of para-hydroxylation sites is 1. The van der Waals surface area contributed by atoms with Gasteiger partial charge in [0.25, 0.3) is 11.8 Å². The number of carbonyl (C=O) groups excluding carboxylic acids is 2. The maximum atomic E-state index is 13.8. The van der Waals surface area contributed by atoms with E-state index in [4.69, 9.17) is 0 Å². The van der Waals surface area contributed by atoms with Gasteiger partial charge < -0.3 is 10.6 Å². The minimum Gasteiger partial charge on any atom is -0.322 e. The molecule has 6 heteroatoms. The summed E-state index contributed by atoms with van der Waals surface area (Å²) in [5, 5.41) is 5.36. The lowest BCUT2D eigenvalue weighted by atomic mass is 10.1. The van der Waals surface area contributed by atoms with E-state index in [0.717, 1.165) is 4.47 Å². The van der Waals surface area contributed by atoms with Gasteiger partial charge in [0.1, 0.15) is 5.82 Å². The molecule has 0 heterocycles. The van der Waals surface area contributed by atoms with Gasteiger partial charge in [-0.1, -0.05) is 40.2 Å². The van der Waals surface area contributed by atoms with Gasteiger partial charge in [-0.2, -0.15) is 0 Å². The van der Waals surface area contributed by atoms with Crippen LogP contribution in [0.2, 0.25) is 0 Å².